The molecule has 0 aliphatic rings. The van der Waals surface area contributed by atoms with E-state index in [1.807, 2.05) is 45.0 Å². The summed E-state index contributed by atoms with van der Waals surface area (Å²) in [6.45, 7) is 6.36. The highest BCUT2D eigenvalue weighted by molar-refractivity contribution is 5.29. The number of hydrogen-bond acceptors (Lipinski definition) is 3. The van der Waals surface area contributed by atoms with Gasteiger partial charge in [0.15, 0.2) is 0 Å². The third kappa shape index (κ3) is 3.80. The van der Waals surface area contributed by atoms with Crippen LogP contribution in [0.5, 0.6) is 0 Å². The summed E-state index contributed by atoms with van der Waals surface area (Å²) < 4.78 is 5.52. The largest absolute Gasteiger partial charge is 0.395 e. The summed E-state index contributed by atoms with van der Waals surface area (Å²) in [5.74, 6) is 0. The van der Waals surface area contributed by atoms with Gasteiger partial charge < -0.3 is 14.9 Å². The highest BCUT2D eigenvalue weighted by Crippen LogP contribution is 2.27. The Morgan fingerprint density at radius 3 is 2.11 bits per heavy atom. The van der Waals surface area contributed by atoms with E-state index in [-0.39, 0.29) is 19.3 Å². The van der Waals surface area contributed by atoms with Crippen molar-refractivity contribution >= 4 is 0 Å². The molecule has 3 heteroatoms. The van der Waals surface area contributed by atoms with Crippen LogP contribution in [0.2, 0.25) is 0 Å². The number of aliphatic hydroxyl groups is 2. The van der Waals surface area contributed by atoms with Gasteiger partial charge in [0.05, 0.1) is 19.3 Å². The second-order valence-corrected chi connectivity index (χ2v) is 5.13. The maximum absolute atomic E-state index is 9.65. The summed E-state index contributed by atoms with van der Waals surface area (Å²) in [6.07, 6.45) is 0.777. The first-order chi connectivity index (χ1) is 8.54. The highest BCUT2D eigenvalue weighted by atomic mass is 16.5. The molecule has 18 heavy (non-hydrogen) atoms. The lowest BCUT2D eigenvalue weighted by Gasteiger charge is -2.30. The van der Waals surface area contributed by atoms with Crippen molar-refractivity contribution in [2.45, 2.75) is 38.7 Å². The number of aryl methyl sites for hydroxylation is 1. The molecule has 0 aliphatic carbocycles. The van der Waals surface area contributed by atoms with Gasteiger partial charge in [-0.05, 0) is 32.8 Å². The Morgan fingerprint density at radius 2 is 1.67 bits per heavy atom. The molecule has 1 aromatic carbocycles. The zero-order valence-electron chi connectivity index (χ0n) is 11.5. The van der Waals surface area contributed by atoms with Gasteiger partial charge in [-0.3, -0.25) is 0 Å². The van der Waals surface area contributed by atoms with Crippen LogP contribution in [-0.4, -0.2) is 36.1 Å². The van der Waals surface area contributed by atoms with Gasteiger partial charge >= 0.3 is 0 Å². The molecule has 0 fully saturated rings. The van der Waals surface area contributed by atoms with Gasteiger partial charge in [-0.1, -0.05) is 29.8 Å². The smallest absolute Gasteiger partial charge is 0.0550 e. The Kier molecular flexibility index (Phi) is 5.79. The number of ether oxygens (including phenoxy) is 1. The SMILES string of the molecule is Cc1ccc(C(CO)(CO)CCOC(C)C)cc1. The first-order valence-corrected chi connectivity index (χ1v) is 6.44. The van der Waals surface area contributed by atoms with Gasteiger partial charge in [0.1, 0.15) is 0 Å². The van der Waals surface area contributed by atoms with E-state index in [4.69, 9.17) is 4.74 Å². The second-order valence-electron chi connectivity index (χ2n) is 5.13. The summed E-state index contributed by atoms with van der Waals surface area (Å²) in [5.41, 5.74) is 1.52. The summed E-state index contributed by atoms with van der Waals surface area (Å²) in [5, 5.41) is 19.3. The van der Waals surface area contributed by atoms with E-state index in [1.54, 1.807) is 0 Å². The lowest BCUT2D eigenvalue weighted by Crippen LogP contribution is -2.36. The van der Waals surface area contributed by atoms with Crippen molar-refractivity contribution in [2.24, 2.45) is 0 Å². The number of aliphatic hydroxyl groups excluding tert-OH is 2. The molecule has 0 amide bonds. The molecule has 1 aromatic rings. The molecule has 0 heterocycles. The monoisotopic (exact) mass is 252 g/mol. The van der Waals surface area contributed by atoms with Gasteiger partial charge in [0.25, 0.3) is 0 Å². The fraction of sp³-hybridized carbons (Fsp3) is 0.600. The normalized spacial score (nSPS) is 12.1. The second kappa shape index (κ2) is 6.88. The van der Waals surface area contributed by atoms with Gasteiger partial charge in [-0.25, -0.2) is 0 Å². The van der Waals surface area contributed by atoms with Crippen LogP contribution in [-0.2, 0) is 10.2 Å². The minimum atomic E-state index is -0.609. The van der Waals surface area contributed by atoms with Crippen molar-refractivity contribution in [1.82, 2.24) is 0 Å². The Bertz CT molecular complexity index is 339. The average Bonchev–Trinajstić information content (AvgIpc) is 2.36. The zero-order chi connectivity index (χ0) is 13.6. The predicted octanol–water partition coefficient (Wildman–Crippen LogP) is 2.03. The first-order valence-electron chi connectivity index (χ1n) is 6.44. The maximum Gasteiger partial charge on any atom is 0.0550 e. The van der Waals surface area contributed by atoms with Crippen molar-refractivity contribution < 1.29 is 14.9 Å². The molecule has 0 spiro atoms. The zero-order valence-corrected chi connectivity index (χ0v) is 11.5. The predicted molar refractivity (Wildman–Crippen MR) is 72.7 cm³/mol. The van der Waals surface area contributed by atoms with E-state index in [9.17, 15) is 10.2 Å². The molecular formula is C15H24O3. The van der Waals surface area contributed by atoms with E-state index in [2.05, 4.69) is 0 Å². The van der Waals surface area contributed by atoms with E-state index >= 15 is 0 Å². The lowest BCUT2D eigenvalue weighted by molar-refractivity contribution is 0.0363. The van der Waals surface area contributed by atoms with Crippen molar-refractivity contribution in [1.29, 1.82) is 0 Å². The van der Waals surface area contributed by atoms with Gasteiger partial charge in [0, 0.05) is 12.0 Å². The van der Waals surface area contributed by atoms with E-state index in [0.717, 1.165) is 5.56 Å². The molecule has 0 saturated carbocycles. The first kappa shape index (κ1) is 15.2. The molecule has 0 saturated heterocycles. The number of hydrogen-bond donors (Lipinski definition) is 2. The lowest BCUT2D eigenvalue weighted by atomic mass is 9.79. The third-order valence-corrected chi connectivity index (χ3v) is 3.30. The topological polar surface area (TPSA) is 49.7 Å². The molecule has 0 atom stereocenters. The van der Waals surface area contributed by atoms with Crippen LogP contribution in [0, 0.1) is 6.92 Å². The van der Waals surface area contributed by atoms with E-state index in [0.29, 0.717) is 13.0 Å². The van der Waals surface area contributed by atoms with Gasteiger partial charge in [0.2, 0.25) is 0 Å². The molecule has 0 radical (unpaired) electrons. The molecule has 2 N–H and O–H groups in total. The van der Waals surface area contributed by atoms with E-state index in [1.165, 1.54) is 5.56 Å². The number of benzene rings is 1. The van der Waals surface area contributed by atoms with Crippen LogP contribution >= 0.6 is 0 Å². The fourth-order valence-electron chi connectivity index (χ4n) is 1.93. The third-order valence-electron chi connectivity index (χ3n) is 3.30. The summed E-state index contributed by atoms with van der Waals surface area (Å²) in [6, 6.07) is 7.94. The fourth-order valence-corrected chi connectivity index (χ4v) is 1.93. The number of rotatable bonds is 7. The van der Waals surface area contributed by atoms with Crippen molar-refractivity contribution in [2.75, 3.05) is 19.8 Å². The van der Waals surface area contributed by atoms with Crippen LogP contribution in [0.25, 0.3) is 0 Å². The molecule has 102 valence electrons. The molecule has 0 aliphatic heterocycles. The summed E-state index contributed by atoms with van der Waals surface area (Å²) in [4.78, 5) is 0. The molecule has 1 rings (SSSR count). The standard InChI is InChI=1S/C15H24O3/c1-12(2)18-9-8-15(10-16,11-17)14-6-4-13(3)5-7-14/h4-7,12,16-17H,8-11H2,1-3H3. The summed E-state index contributed by atoms with van der Waals surface area (Å²) in [7, 11) is 0. The Hall–Kier alpha value is -0.900. The van der Waals surface area contributed by atoms with Gasteiger partial charge in [-0.15, -0.1) is 0 Å². The van der Waals surface area contributed by atoms with Crippen molar-refractivity contribution in [3.05, 3.63) is 35.4 Å². The Labute approximate surface area is 109 Å². The van der Waals surface area contributed by atoms with Crippen molar-refractivity contribution in [3.63, 3.8) is 0 Å². The molecule has 3 nitrogen and oxygen atoms in total. The van der Waals surface area contributed by atoms with Crippen LogP contribution in [0.4, 0.5) is 0 Å². The minimum absolute atomic E-state index is 0.0754. The van der Waals surface area contributed by atoms with Crippen LogP contribution in [0.3, 0.4) is 0 Å². The van der Waals surface area contributed by atoms with Crippen LogP contribution < -0.4 is 0 Å². The summed E-state index contributed by atoms with van der Waals surface area (Å²) >= 11 is 0. The molecule has 0 aromatic heterocycles. The maximum atomic E-state index is 9.65. The van der Waals surface area contributed by atoms with Crippen LogP contribution in [0.1, 0.15) is 31.4 Å². The van der Waals surface area contributed by atoms with Crippen molar-refractivity contribution in [3.8, 4) is 0 Å². The average molecular weight is 252 g/mol. The van der Waals surface area contributed by atoms with Gasteiger partial charge in [-0.2, -0.15) is 0 Å². The Morgan fingerprint density at radius 1 is 1.11 bits per heavy atom. The minimum Gasteiger partial charge on any atom is -0.395 e. The Balaban J connectivity index is 2.81. The van der Waals surface area contributed by atoms with Crippen LogP contribution in [0.15, 0.2) is 24.3 Å². The molecular weight excluding hydrogens is 228 g/mol. The molecule has 0 bridgehead atoms. The highest BCUT2D eigenvalue weighted by Gasteiger charge is 2.30. The molecule has 0 unspecified atom stereocenters. The van der Waals surface area contributed by atoms with E-state index < -0.39 is 5.41 Å². The quantitative estimate of drug-likeness (QED) is 0.780.